The average Bonchev–Trinajstić information content (AvgIpc) is 2.49. The molecule has 2 rings (SSSR count). The van der Waals surface area contributed by atoms with Crippen LogP contribution >= 0.6 is 0 Å². The van der Waals surface area contributed by atoms with Gasteiger partial charge in [-0.1, -0.05) is 0 Å². The summed E-state index contributed by atoms with van der Waals surface area (Å²) in [5.41, 5.74) is 2.05. The lowest BCUT2D eigenvalue weighted by Crippen LogP contribution is -2.27. The van der Waals surface area contributed by atoms with Gasteiger partial charge in [0.15, 0.2) is 0 Å². The molecule has 25 heavy (non-hydrogen) atoms. The minimum Gasteiger partial charge on any atom is -0.491 e. The Balaban J connectivity index is 1.92. The van der Waals surface area contributed by atoms with E-state index in [1.54, 1.807) is 0 Å². The maximum atomic E-state index is 11.8. The van der Waals surface area contributed by atoms with Gasteiger partial charge in [0.05, 0.1) is 6.10 Å². The number of amides is 1. The van der Waals surface area contributed by atoms with E-state index in [9.17, 15) is 4.79 Å². The van der Waals surface area contributed by atoms with Crippen molar-refractivity contribution >= 4 is 23.2 Å². The van der Waals surface area contributed by atoms with Gasteiger partial charge in [-0.2, -0.15) is 0 Å². The third-order valence-corrected chi connectivity index (χ3v) is 3.04. The van der Waals surface area contributed by atoms with Gasteiger partial charge in [0, 0.05) is 17.1 Å². The number of benzene rings is 2. The summed E-state index contributed by atoms with van der Waals surface area (Å²) < 4.78 is 10.9. The normalized spacial score (nSPS) is 11.1. The number of rotatable bonds is 5. The molecule has 0 aliphatic heterocycles. The maximum Gasteiger partial charge on any atom is 0.412 e. The predicted octanol–water partition coefficient (Wildman–Crippen LogP) is 5.56. The van der Waals surface area contributed by atoms with Crippen LogP contribution in [0.1, 0.15) is 34.6 Å². The Morgan fingerprint density at radius 2 is 1.36 bits per heavy atom. The van der Waals surface area contributed by atoms with Gasteiger partial charge in [0.25, 0.3) is 0 Å². The van der Waals surface area contributed by atoms with Gasteiger partial charge < -0.3 is 14.8 Å². The summed E-state index contributed by atoms with van der Waals surface area (Å²) in [4.78, 5) is 11.8. The Kier molecular flexibility index (Phi) is 5.91. The van der Waals surface area contributed by atoms with E-state index in [0.29, 0.717) is 5.69 Å². The number of anilines is 3. The molecule has 0 aromatic heterocycles. The average molecular weight is 342 g/mol. The second-order valence-corrected chi connectivity index (χ2v) is 7.02. The Labute approximate surface area is 149 Å². The first-order valence-electron chi connectivity index (χ1n) is 8.35. The Hall–Kier alpha value is -2.69. The fourth-order valence-electron chi connectivity index (χ4n) is 2.11. The standard InChI is InChI=1S/C20H26N2O3/c1-14(2)24-18-12-10-16(11-13-18)21-15-6-8-17(9-7-15)22-19(23)25-20(3,4)5/h6-14,21H,1-5H3,(H,22,23). The van der Waals surface area contributed by atoms with E-state index in [0.717, 1.165) is 17.1 Å². The van der Waals surface area contributed by atoms with Crippen LogP contribution in [0.3, 0.4) is 0 Å². The summed E-state index contributed by atoms with van der Waals surface area (Å²) in [6.07, 6.45) is -0.308. The van der Waals surface area contributed by atoms with E-state index in [1.807, 2.05) is 83.1 Å². The van der Waals surface area contributed by atoms with E-state index >= 15 is 0 Å². The van der Waals surface area contributed by atoms with Crippen LogP contribution in [0.15, 0.2) is 48.5 Å². The number of carbonyl (C=O) groups excluding carboxylic acids is 1. The molecule has 2 aromatic carbocycles. The van der Waals surface area contributed by atoms with E-state index < -0.39 is 11.7 Å². The fraction of sp³-hybridized carbons (Fsp3) is 0.350. The zero-order valence-electron chi connectivity index (χ0n) is 15.4. The molecule has 0 heterocycles. The molecular formula is C20H26N2O3. The van der Waals surface area contributed by atoms with Gasteiger partial charge in [0.2, 0.25) is 0 Å². The van der Waals surface area contributed by atoms with Crippen LogP contribution in [-0.2, 0) is 4.74 Å². The van der Waals surface area contributed by atoms with E-state index in [4.69, 9.17) is 9.47 Å². The number of hydrogen-bond acceptors (Lipinski definition) is 4. The Morgan fingerprint density at radius 3 is 1.84 bits per heavy atom. The zero-order valence-corrected chi connectivity index (χ0v) is 15.4. The van der Waals surface area contributed by atoms with Crippen molar-refractivity contribution in [3.05, 3.63) is 48.5 Å². The molecule has 5 heteroatoms. The van der Waals surface area contributed by atoms with Crippen molar-refractivity contribution in [3.8, 4) is 5.75 Å². The molecule has 0 fully saturated rings. The predicted molar refractivity (Wildman–Crippen MR) is 102 cm³/mol. The zero-order chi connectivity index (χ0) is 18.4. The largest absolute Gasteiger partial charge is 0.491 e. The molecule has 134 valence electrons. The lowest BCUT2D eigenvalue weighted by atomic mass is 10.2. The highest BCUT2D eigenvalue weighted by Gasteiger charge is 2.16. The lowest BCUT2D eigenvalue weighted by molar-refractivity contribution is 0.0636. The Bertz CT molecular complexity index is 686. The van der Waals surface area contributed by atoms with E-state index in [1.165, 1.54) is 0 Å². The van der Waals surface area contributed by atoms with Gasteiger partial charge in [-0.3, -0.25) is 5.32 Å². The molecule has 0 bridgehead atoms. The summed E-state index contributed by atoms with van der Waals surface area (Å²) in [6, 6.07) is 15.2. The highest BCUT2D eigenvalue weighted by molar-refractivity contribution is 5.85. The van der Waals surface area contributed by atoms with Crippen LogP contribution < -0.4 is 15.4 Å². The van der Waals surface area contributed by atoms with Gasteiger partial charge >= 0.3 is 6.09 Å². The highest BCUT2D eigenvalue weighted by atomic mass is 16.6. The first kappa shape index (κ1) is 18.6. The van der Waals surface area contributed by atoms with Gasteiger partial charge in [-0.15, -0.1) is 0 Å². The Morgan fingerprint density at radius 1 is 0.880 bits per heavy atom. The minimum atomic E-state index is -0.517. The summed E-state index contributed by atoms with van der Waals surface area (Å²) in [5.74, 6) is 0.845. The fourth-order valence-corrected chi connectivity index (χ4v) is 2.11. The number of carbonyl (C=O) groups is 1. The minimum absolute atomic E-state index is 0.156. The van der Waals surface area contributed by atoms with Crippen LogP contribution in [-0.4, -0.2) is 17.8 Å². The number of hydrogen-bond donors (Lipinski definition) is 2. The molecule has 0 saturated heterocycles. The van der Waals surface area contributed by atoms with Crippen LogP contribution in [0.5, 0.6) is 5.75 Å². The molecule has 0 aliphatic rings. The second kappa shape index (κ2) is 7.92. The van der Waals surface area contributed by atoms with Crippen molar-refractivity contribution in [1.82, 2.24) is 0 Å². The van der Waals surface area contributed by atoms with Crippen molar-refractivity contribution < 1.29 is 14.3 Å². The molecule has 0 radical (unpaired) electrons. The van der Waals surface area contributed by atoms with Gasteiger partial charge in [0.1, 0.15) is 11.4 Å². The first-order chi connectivity index (χ1) is 11.7. The highest BCUT2D eigenvalue weighted by Crippen LogP contribution is 2.22. The number of ether oxygens (including phenoxy) is 2. The van der Waals surface area contributed by atoms with Gasteiger partial charge in [-0.05, 0) is 83.1 Å². The maximum absolute atomic E-state index is 11.8. The molecule has 2 aromatic rings. The van der Waals surface area contributed by atoms with Crippen LogP contribution in [0.2, 0.25) is 0 Å². The van der Waals surface area contributed by atoms with Crippen molar-refractivity contribution in [3.63, 3.8) is 0 Å². The third kappa shape index (κ3) is 6.75. The summed E-state index contributed by atoms with van der Waals surface area (Å²) in [6.45, 7) is 9.49. The van der Waals surface area contributed by atoms with Gasteiger partial charge in [-0.25, -0.2) is 4.79 Å². The summed E-state index contributed by atoms with van der Waals surface area (Å²) in [7, 11) is 0. The molecule has 5 nitrogen and oxygen atoms in total. The monoisotopic (exact) mass is 342 g/mol. The molecular weight excluding hydrogens is 316 g/mol. The molecule has 0 saturated carbocycles. The topological polar surface area (TPSA) is 59.6 Å². The molecule has 2 N–H and O–H groups in total. The van der Waals surface area contributed by atoms with Crippen molar-refractivity contribution in [2.75, 3.05) is 10.6 Å². The third-order valence-electron chi connectivity index (χ3n) is 3.04. The molecule has 1 amide bonds. The first-order valence-corrected chi connectivity index (χ1v) is 8.35. The van der Waals surface area contributed by atoms with Crippen LogP contribution in [0, 0.1) is 0 Å². The molecule has 0 aliphatic carbocycles. The summed E-state index contributed by atoms with van der Waals surface area (Å²) in [5, 5.41) is 6.01. The SMILES string of the molecule is CC(C)Oc1ccc(Nc2ccc(NC(=O)OC(C)(C)C)cc2)cc1. The second-order valence-electron chi connectivity index (χ2n) is 7.02. The van der Waals surface area contributed by atoms with Crippen LogP contribution in [0.4, 0.5) is 21.9 Å². The van der Waals surface area contributed by atoms with E-state index in [2.05, 4.69) is 10.6 Å². The van der Waals surface area contributed by atoms with Crippen molar-refractivity contribution in [2.45, 2.75) is 46.3 Å². The molecule has 0 spiro atoms. The summed E-state index contributed by atoms with van der Waals surface area (Å²) >= 11 is 0. The van der Waals surface area contributed by atoms with Crippen molar-refractivity contribution in [1.29, 1.82) is 0 Å². The smallest absolute Gasteiger partial charge is 0.412 e. The van der Waals surface area contributed by atoms with Crippen molar-refractivity contribution in [2.24, 2.45) is 0 Å². The number of nitrogens with one attached hydrogen (secondary N) is 2. The van der Waals surface area contributed by atoms with E-state index in [-0.39, 0.29) is 6.10 Å². The quantitative estimate of drug-likeness (QED) is 0.746. The van der Waals surface area contributed by atoms with Crippen LogP contribution in [0.25, 0.3) is 0 Å². The lowest BCUT2D eigenvalue weighted by Gasteiger charge is -2.19. The molecule has 0 atom stereocenters. The molecule has 0 unspecified atom stereocenters.